The molecule has 72 valence electrons. The molecule has 0 saturated carbocycles. The Labute approximate surface area is 83.8 Å². The van der Waals surface area contributed by atoms with Crippen molar-refractivity contribution >= 4 is 10.8 Å². The fourth-order valence-corrected chi connectivity index (χ4v) is 1.59. The molecule has 2 nitrogen and oxygen atoms in total. The molecule has 0 atom stereocenters. The van der Waals surface area contributed by atoms with E-state index in [9.17, 15) is 0 Å². The standard InChI is InChI=1S/C12H14N2/c13-6-1-2-10-3-4-12-9-14-7-5-11(12)8-10/h3-5,7-9H,1-2,6,13H2. The molecule has 0 radical (unpaired) electrons. The van der Waals surface area contributed by atoms with Crippen molar-refractivity contribution in [2.45, 2.75) is 12.8 Å². The van der Waals surface area contributed by atoms with Gasteiger partial charge in [0, 0.05) is 17.8 Å². The Morgan fingerprint density at radius 1 is 1.14 bits per heavy atom. The summed E-state index contributed by atoms with van der Waals surface area (Å²) in [7, 11) is 0. The minimum Gasteiger partial charge on any atom is -0.330 e. The highest BCUT2D eigenvalue weighted by atomic mass is 14.6. The SMILES string of the molecule is NCCCc1ccc2cnccc2c1. The summed E-state index contributed by atoms with van der Waals surface area (Å²) in [6, 6.07) is 8.53. The van der Waals surface area contributed by atoms with Gasteiger partial charge in [-0.05, 0) is 36.4 Å². The van der Waals surface area contributed by atoms with Gasteiger partial charge in [0.2, 0.25) is 0 Å². The van der Waals surface area contributed by atoms with Gasteiger partial charge in [0.15, 0.2) is 0 Å². The number of rotatable bonds is 3. The van der Waals surface area contributed by atoms with Gasteiger partial charge in [-0.2, -0.15) is 0 Å². The number of benzene rings is 1. The highest BCUT2D eigenvalue weighted by Gasteiger charge is 1.95. The predicted octanol–water partition coefficient (Wildman–Crippen LogP) is 2.13. The van der Waals surface area contributed by atoms with Crippen molar-refractivity contribution < 1.29 is 0 Å². The van der Waals surface area contributed by atoms with Crippen LogP contribution in [0.5, 0.6) is 0 Å². The Hall–Kier alpha value is -1.41. The molecule has 14 heavy (non-hydrogen) atoms. The van der Waals surface area contributed by atoms with E-state index in [1.54, 1.807) is 0 Å². The van der Waals surface area contributed by atoms with Crippen LogP contribution in [0.15, 0.2) is 36.7 Å². The monoisotopic (exact) mass is 186 g/mol. The maximum absolute atomic E-state index is 5.48. The van der Waals surface area contributed by atoms with Gasteiger partial charge in [0.25, 0.3) is 0 Å². The van der Waals surface area contributed by atoms with E-state index in [-0.39, 0.29) is 0 Å². The average Bonchev–Trinajstić information content (AvgIpc) is 2.26. The average molecular weight is 186 g/mol. The summed E-state index contributed by atoms with van der Waals surface area (Å²) in [6.07, 6.45) is 5.84. The van der Waals surface area contributed by atoms with Crippen molar-refractivity contribution in [2.24, 2.45) is 5.73 Å². The number of aryl methyl sites for hydroxylation is 1. The van der Waals surface area contributed by atoms with Crippen LogP contribution >= 0.6 is 0 Å². The topological polar surface area (TPSA) is 38.9 Å². The number of nitrogens with two attached hydrogens (primary N) is 1. The first-order valence-electron chi connectivity index (χ1n) is 4.93. The normalized spacial score (nSPS) is 10.6. The summed E-state index contributed by atoms with van der Waals surface area (Å²) in [5.41, 5.74) is 6.83. The Kier molecular flexibility index (Phi) is 2.75. The van der Waals surface area contributed by atoms with Crippen LogP contribution in [0.1, 0.15) is 12.0 Å². The molecule has 0 fully saturated rings. The van der Waals surface area contributed by atoms with Gasteiger partial charge in [0.05, 0.1) is 0 Å². The van der Waals surface area contributed by atoms with Crippen molar-refractivity contribution in [3.63, 3.8) is 0 Å². The van der Waals surface area contributed by atoms with Gasteiger partial charge in [-0.15, -0.1) is 0 Å². The van der Waals surface area contributed by atoms with Crippen molar-refractivity contribution in [1.29, 1.82) is 0 Å². The first-order valence-corrected chi connectivity index (χ1v) is 4.93. The highest BCUT2D eigenvalue weighted by Crippen LogP contribution is 2.15. The molecule has 0 amide bonds. The Bertz CT molecular complexity index is 423. The zero-order valence-corrected chi connectivity index (χ0v) is 8.11. The molecule has 0 bridgehead atoms. The number of nitrogens with zero attached hydrogens (tertiary/aromatic N) is 1. The van der Waals surface area contributed by atoms with E-state index in [1.165, 1.54) is 16.3 Å². The largest absolute Gasteiger partial charge is 0.330 e. The van der Waals surface area contributed by atoms with Gasteiger partial charge < -0.3 is 5.73 Å². The van der Waals surface area contributed by atoms with Crippen LogP contribution in [0.3, 0.4) is 0 Å². The minimum absolute atomic E-state index is 0.758. The molecule has 0 unspecified atom stereocenters. The summed E-state index contributed by atoms with van der Waals surface area (Å²) in [4.78, 5) is 4.08. The molecule has 0 spiro atoms. The highest BCUT2D eigenvalue weighted by molar-refractivity contribution is 5.81. The molecule has 0 aliphatic rings. The van der Waals surface area contributed by atoms with E-state index in [4.69, 9.17) is 5.73 Å². The lowest BCUT2D eigenvalue weighted by atomic mass is 10.1. The lowest BCUT2D eigenvalue weighted by Gasteiger charge is -2.02. The van der Waals surface area contributed by atoms with E-state index in [0.717, 1.165) is 19.4 Å². The van der Waals surface area contributed by atoms with Crippen molar-refractivity contribution in [3.05, 3.63) is 42.2 Å². The van der Waals surface area contributed by atoms with Crippen molar-refractivity contribution in [2.75, 3.05) is 6.54 Å². The Morgan fingerprint density at radius 3 is 2.93 bits per heavy atom. The molecular formula is C12H14N2. The van der Waals surface area contributed by atoms with E-state index in [2.05, 4.69) is 23.2 Å². The van der Waals surface area contributed by atoms with E-state index < -0.39 is 0 Å². The quantitative estimate of drug-likeness (QED) is 0.797. The third kappa shape index (κ3) is 1.91. The molecule has 1 heterocycles. The van der Waals surface area contributed by atoms with Crippen LogP contribution in [0.4, 0.5) is 0 Å². The Balaban J connectivity index is 2.32. The van der Waals surface area contributed by atoms with Crippen LogP contribution in [0.25, 0.3) is 10.8 Å². The lowest BCUT2D eigenvalue weighted by Crippen LogP contribution is -2.00. The van der Waals surface area contributed by atoms with Crippen LogP contribution in [0.2, 0.25) is 0 Å². The third-order valence-electron chi connectivity index (χ3n) is 2.37. The summed E-state index contributed by atoms with van der Waals surface area (Å²) in [5, 5.41) is 2.46. The molecular weight excluding hydrogens is 172 g/mol. The van der Waals surface area contributed by atoms with E-state index in [1.807, 2.05) is 18.5 Å². The summed E-state index contributed by atoms with van der Waals surface area (Å²) in [5.74, 6) is 0. The first-order chi connectivity index (χ1) is 6.90. The number of aromatic nitrogens is 1. The number of hydrogen-bond acceptors (Lipinski definition) is 2. The minimum atomic E-state index is 0.758. The van der Waals surface area contributed by atoms with E-state index in [0.29, 0.717) is 0 Å². The number of fused-ring (bicyclic) bond motifs is 1. The molecule has 1 aromatic heterocycles. The molecule has 2 rings (SSSR count). The number of hydrogen-bond donors (Lipinski definition) is 1. The Morgan fingerprint density at radius 2 is 2.07 bits per heavy atom. The molecule has 0 aliphatic carbocycles. The number of pyridine rings is 1. The van der Waals surface area contributed by atoms with Crippen LogP contribution < -0.4 is 5.73 Å². The van der Waals surface area contributed by atoms with Crippen molar-refractivity contribution in [1.82, 2.24) is 4.98 Å². The maximum atomic E-state index is 5.48. The van der Waals surface area contributed by atoms with Gasteiger partial charge >= 0.3 is 0 Å². The molecule has 1 aromatic carbocycles. The summed E-state index contributed by atoms with van der Waals surface area (Å²) in [6.45, 7) is 0.758. The van der Waals surface area contributed by atoms with Gasteiger partial charge in [-0.1, -0.05) is 18.2 Å². The van der Waals surface area contributed by atoms with Gasteiger partial charge in [-0.25, -0.2) is 0 Å². The predicted molar refractivity (Wildman–Crippen MR) is 59.1 cm³/mol. The molecule has 0 aliphatic heterocycles. The molecule has 2 N–H and O–H groups in total. The zero-order valence-electron chi connectivity index (χ0n) is 8.11. The first kappa shape index (κ1) is 9.16. The van der Waals surface area contributed by atoms with E-state index >= 15 is 0 Å². The van der Waals surface area contributed by atoms with Crippen molar-refractivity contribution in [3.8, 4) is 0 Å². The van der Waals surface area contributed by atoms with Gasteiger partial charge in [0.1, 0.15) is 0 Å². The third-order valence-corrected chi connectivity index (χ3v) is 2.37. The lowest BCUT2D eigenvalue weighted by molar-refractivity contribution is 0.833. The van der Waals surface area contributed by atoms with Gasteiger partial charge in [-0.3, -0.25) is 4.98 Å². The zero-order chi connectivity index (χ0) is 9.80. The maximum Gasteiger partial charge on any atom is 0.0346 e. The summed E-state index contributed by atoms with van der Waals surface area (Å²) < 4.78 is 0. The molecule has 2 aromatic rings. The fourth-order valence-electron chi connectivity index (χ4n) is 1.59. The second-order valence-corrected chi connectivity index (χ2v) is 3.45. The smallest absolute Gasteiger partial charge is 0.0346 e. The second kappa shape index (κ2) is 4.20. The summed E-state index contributed by atoms with van der Waals surface area (Å²) >= 11 is 0. The second-order valence-electron chi connectivity index (χ2n) is 3.45. The van der Waals surface area contributed by atoms with Crippen LogP contribution in [0, 0.1) is 0 Å². The van der Waals surface area contributed by atoms with Crippen LogP contribution in [-0.4, -0.2) is 11.5 Å². The molecule has 2 heteroatoms. The molecule has 0 saturated heterocycles. The van der Waals surface area contributed by atoms with Crippen LogP contribution in [-0.2, 0) is 6.42 Å². The fraction of sp³-hybridized carbons (Fsp3) is 0.250.